The number of hydrogen-bond acceptors (Lipinski definition) is 3. The minimum absolute atomic E-state index is 0.649. The van der Waals surface area contributed by atoms with E-state index in [1.807, 2.05) is 36.9 Å². The summed E-state index contributed by atoms with van der Waals surface area (Å²) in [5.74, 6) is 1.60. The maximum absolute atomic E-state index is 4.55. The summed E-state index contributed by atoms with van der Waals surface area (Å²) in [6.07, 6.45) is 4.89. The number of guanidine groups is 1. The van der Waals surface area contributed by atoms with Crippen LogP contribution in [-0.2, 0) is 13.0 Å². The van der Waals surface area contributed by atoms with Gasteiger partial charge in [-0.05, 0) is 62.1 Å². The number of fused-ring (bicyclic) bond motifs is 1. The van der Waals surface area contributed by atoms with Gasteiger partial charge < -0.3 is 15.6 Å². The first-order valence-corrected chi connectivity index (χ1v) is 10.5. The molecule has 0 radical (unpaired) electrons. The molecule has 0 unspecified atom stereocenters. The van der Waals surface area contributed by atoms with Gasteiger partial charge in [-0.3, -0.25) is 4.99 Å². The summed E-state index contributed by atoms with van der Waals surface area (Å²) >= 11 is 0. The molecule has 7 heteroatoms. The van der Waals surface area contributed by atoms with Crippen molar-refractivity contribution in [1.82, 2.24) is 30.4 Å². The van der Waals surface area contributed by atoms with E-state index in [-0.39, 0.29) is 0 Å². The molecule has 0 aliphatic heterocycles. The van der Waals surface area contributed by atoms with Gasteiger partial charge in [-0.2, -0.15) is 5.10 Å². The van der Waals surface area contributed by atoms with Crippen molar-refractivity contribution in [2.24, 2.45) is 4.99 Å². The van der Waals surface area contributed by atoms with E-state index in [4.69, 9.17) is 0 Å². The molecule has 0 saturated heterocycles. The average Bonchev–Trinajstić information content (AvgIpc) is 3.32. The maximum atomic E-state index is 4.55. The highest BCUT2D eigenvalue weighted by molar-refractivity contribution is 5.84. The standard InChI is InChI=1S/C24H29N7/c1-16-5-7-21-20(15-27-22(21)11-16)9-10-26-24(25-4)29-14-19-6-8-23(28-13-19)31-18(3)12-17(2)30-31/h5-8,11-13,15,27H,9-10,14H2,1-4H3,(H2,25,26,29). The minimum Gasteiger partial charge on any atom is -0.361 e. The predicted octanol–water partition coefficient (Wildman–Crippen LogP) is 3.58. The maximum Gasteiger partial charge on any atom is 0.191 e. The van der Waals surface area contributed by atoms with Crippen molar-refractivity contribution in [3.8, 4) is 5.82 Å². The van der Waals surface area contributed by atoms with Gasteiger partial charge in [0.15, 0.2) is 11.8 Å². The van der Waals surface area contributed by atoms with Crippen molar-refractivity contribution in [1.29, 1.82) is 0 Å². The minimum atomic E-state index is 0.649. The largest absolute Gasteiger partial charge is 0.361 e. The highest BCUT2D eigenvalue weighted by atomic mass is 15.3. The number of pyridine rings is 1. The summed E-state index contributed by atoms with van der Waals surface area (Å²) < 4.78 is 1.86. The number of nitrogens with zero attached hydrogens (tertiary/aromatic N) is 4. The van der Waals surface area contributed by atoms with Crippen LogP contribution < -0.4 is 10.6 Å². The Morgan fingerprint density at radius 2 is 1.97 bits per heavy atom. The molecule has 0 bridgehead atoms. The van der Waals surface area contributed by atoms with E-state index in [0.29, 0.717) is 6.54 Å². The molecule has 0 aliphatic rings. The Morgan fingerprint density at radius 1 is 1.10 bits per heavy atom. The molecule has 0 atom stereocenters. The third kappa shape index (κ3) is 4.77. The quantitative estimate of drug-likeness (QED) is 0.332. The number of H-pyrrole nitrogens is 1. The van der Waals surface area contributed by atoms with Gasteiger partial charge in [0.2, 0.25) is 0 Å². The molecular formula is C24H29N7. The molecule has 160 valence electrons. The number of nitrogens with one attached hydrogen (secondary N) is 3. The van der Waals surface area contributed by atoms with E-state index < -0.39 is 0 Å². The van der Waals surface area contributed by atoms with Gasteiger partial charge in [-0.15, -0.1) is 0 Å². The summed E-state index contributed by atoms with van der Waals surface area (Å²) in [5, 5.41) is 12.5. The van der Waals surface area contributed by atoms with Crippen LogP contribution in [0.3, 0.4) is 0 Å². The van der Waals surface area contributed by atoms with Crippen molar-refractivity contribution in [3.05, 3.63) is 76.9 Å². The Balaban J connectivity index is 1.30. The van der Waals surface area contributed by atoms with Gasteiger partial charge in [0, 0.05) is 49.1 Å². The predicted molar refractivity (Wildman–Crippen MR) is 126 cm³/mol. The zero-order chi connectivity index (χ0) is 21.8. The number of aromatic amines is 1. The lowest BCUT2D eigenvalue weighted by molar-refractivity contribution is 0.785. The normalized spacial score (nSPS) is 11.8. The van der Waals surface area contributed by atoms with Crippen molar-refractivity contribution >= 4 is 16.9 Å². The Morgan fingerprint density at radius 3 is 2.68 bits per heavy atom. The number of hydrogen-bond donors (Lipinski definition) is 3. The van der Waals surface area contributed by atoms with Crippen LogP contribution in [0.25, 0.3) is 16.7 Å². The molecular weight excluding hydrogens is 386 g/mol. The lowest BCUT2D eigenvalue weighted by atomic mass is 10.1. The first-order chi connectivity index (χ1) is 15.0. The highest BCUT2D eigenvalue weighted by Gasteiger charge is 2.06. The van der Waals surface area contributed by atoms with Gasteiger partial charge in [-0.25, -0.2) is 9.67 Å². The third-order valence-electron chi connectivity index (χ3n) is 5.33. The fourth-order valence-electron chi connectivity index (χ4n) is 3.74. The van der Waals surface area contributed by atoms with E-state index >= 15 is 0 Å². The van der Waals surface area contributed by atoms with Gasteiger partial charge in [0.1, 0.15) is 0 Å². The number of benzene rings is 1. The molecule has 0 fully saturated rings. The van der Waals surface area contributed by atoms with E-state index in [2.05, 4.69) is 68.1 Å². The van der Waals surface area contributed by atoms with Gasteiger partial charge in [-0.1, -0.05) is 18.2 Å². The van der Waals surface area contributed by atoms with Gasteiger partial charge in [0.25, 0.3) is 0 Å². The van der Waals surface area contributed by atoms with Crippen LogP contribution in [0.5, 0.6) is 0 Å². The van der Waals surface area contributed by atoms with Crippen LogP contribution >= 0.6 is 0 Å². The van der Waals surface area contributed by atoms with Crippen LogP contribution in [0, 0.1) is 20.8 Å². The Hall–Kier alpha value is -3.61. The van der Waals surface area contributed by atoms with Crippen molar-refractivity contribution in [3.63, 3.8) is 0 Å². The molecule has 4 rings (SSSR count). The monoisotopic (exact) mass is 415 g/mol. The lowest BCUT2D eigenvalue weighted by Crippen LogP contribution is -2.37. The van der Waals surface area contributed by atoms with Crippen LogP contribution in [0.4, 0.5) is 0 Å². The Bertz CT molecular complexity index is 1200. The average molecular weight is 416 g/mol. The molecule has 0 saturated carbocycles. The Kier molecular flexibility index (Phi) is 6.02. The van der Waals surface area contributed by atoms with Crippen LogP contribution in [0.2, 0.25) is 0 Å². The van der Waals surface area contributed by atoms with E-state index in [0.717, 1.165) is 41.7 Å². The zero-order valence-electron chi connectivity index (χ0n) is 18.5. The molecule has 0 spiro atoms. The summed E-state index contributed by atoms with van der Waals surface area (Å²) in [7, 11) is 1.79. The summed E-state index contributed by atoms with van der Waals surface area (Å²) in [4.78, 5) is 12.2. The first-order valence-electron chi connectivity index (χ1n) is 10.5. The van der Waals surface area contributed by atoms with Crippen LogP contribution in [0.1, 0.15) is 28.1 Å². The molecule has 31 heavy (non-hydrogen) atoms. The summed E-state index contributed by atoms with van der Waals surface area (Å²) in [6.45, 7) is 7.58. The number of aryl methyl sites for hydroxylation is 3. The van der Waals surface area contributed by atoms with Crippen molar-refractivity contribution < 1.29 is 0 Å². The molecule has 3 aromatic heterocycles. The second-order valence-corrected chi connectivity index (χ2v) is 7.83. The highest BCUT2D eigenvalue weighted by Crippen LogP contribution is 2.19. The van der Waals surface area contributed by atoms with Crippen molar-refractivity contribution in [2.75, 3.05) is 13.6 Å². The van der Waals surface area contributed by atoms with Crippen molar-refractivity contribution in [2.45, 2.75) is 33.7 Å². The second kappa shape index (κ2) is 9.04. The molecule has 1 aromatic carbocycles. The topological polar surface area (TPSA) is 82.9 Å². The SMILES string of the molecule is CN=C(NCCc1c[nH]c2cc(C)ccc12)NCc1ccc(-n2nc(C)cc2C)nc1. The summed E-state index contributed by atoms with van der Waals surface area (Å²) in [5.41, 5.74) is 6.91. The summed E-state index contributed by atoms with van der Waals surface area (Å²) in [6, 6.07) is 12.6. The smallest absolute Gasteiger partial charge is 0.191 e. The fraction of sp³-hybridized carbons (Fsp3) is 0.292. The molecule has 0 amide bonds. The second-order valence-electron chi connectivity index (χ2n) is 7.83. The van der Waals surface area contributed by atoms with Crippen LogP contribution in [-0.4, -0.2) is 39.3 Å². The molecule has 4 aromatic rings. The van der Waals surface area contributed by atoms with E-state index in [1.165, 1.54) is 22.0 Å². The molecule has 7 nitrogen and oxygen atoms in total. The lowest BCUT2D eigenvalue weighted by Gasteiger charge is -2.12. The van der Waals surface area contributed by atoms with Crippen LogP contribution in [0.15, 0.2) is 53.8 Å². The Labute approximate surface area is 182 Å². The molecule has 3 N–H and O–H groups in total. The number of rotatable bonds is 6. The fourth-order valence-corrected chi connectivity index (χ4v) is 3.74. The van der Waals surface area contributed by atoms with E-state index in [9.17, 15) is 0 Å². The third-order valence-corrected chi connectivity index (χ3v) is 5.33. The molecule has 3 heterocycles. The van der Waals surface area contributed by atoms with Gasteiger partial charge >= 0.3 is 0 Å². The number of aliphatic imine (C=N–C) groups is 1. The van der Waals surface area contributed by atoms with E-state index in [1.54, 1.807) is 7.05 Å². The first kappa shape index (κ1) is 20.7. The number of aromatic nitrogens is 4. The zero-order valence-corrected chi connectivity index (χ0v) is 18.5. The molecule has 0 aliphatic carbocycles. The van der Waals surface area contributed by atoms with Gasteiger partial charge in [0.05, 0.1) is 5.69 Å².